The predicted octanol–water partition coefficient (Wildman–Crippen LogP) is 2.25. The van der Waals surface area contributed by atoms with Gasteiger partial charge in [-0.15, -0.1) is 0 Å². The minimum Gasteiger partial charge on any atom is -0.444 e. The van der Waals surface area contributed by atoms with Gasteiger partial charge in [0, 0.05) is 45.8 Å². The van der Waals surface area contributed by atoms with Crippen molar-refractivity contribution in [3.05, 3.63) is 28.8 Å². The van der Waals surface area contributed by atoms with Crippen LogP contribution in [0.2, 0.25) is 0 Å². The van der Waals surface area contributed by atoms with Gasteiger partial charge in [-0.05, 0) is 57.9 Å². The Labute approximate surface area is 173 Å². The molecule has 0 bridgehead atoms. The molecular weight excluding hydrogens is 394 g/mol. The Morgan fingerprint density at radius 1 is 1.00 bits per heavy atom. The largest absolute Gasteiger partial charge is 0.444 e. The van der Waals surface area contributed by atoms with Crippen LogP contribution in [0.3, 0.4) is 0 Å². The van der Waals surface area contributed by atoms with Crippen LogP contribution >= 0.6 is 0 Å². The summed E-state index contributed by atoms with van der Waals surface area (Å²) in [5.74, 6) is -0.243. The Kier molecular flexibility index (Phi) is 6.64. The van der Waals surface area contributed by atoms with Gasteiger partial charge in [0.25, 0.3) is 5.91 Å². The third-order valence-electron chi connectivity index (χ3n) is 4.84. The topological polar surface area (TPSA) is 87.2 Å². The van der Waals surface area contributed by atoms with Crippen molar-refractivity contribution in [2.75, 3.05) is 40.3 Å². The van der Waals surface area contributed by atoms with Crippen molar-refractivity contribution in [1.82, 2.24) is 14.1 Å². The monoisotopic (exact) mass is 425 g/mol. The number of hydrogen-bond donors (Lipinski definition) is 0. The van der Waals surface area contributed by atoms with Crippen molar-refractivity contribution in [3.63, 3.8) is 0 Å². The number of nitrogens with zero attached hydrogens (tertiary/aromatic N) is 3. The van der Waals surface area contributed by atoms with E-state index in [1.54, 1.807) is 29.7 Å². The smallest absolute Gasteiger partial charge is 0.410 e. The first-order valence-electron chi connectivity index (χ1n) is 9.55. The highest BCUT2D eigenvalue weighted by Crippen LogP contribution is 2.24. The second-order valence-corrected chi connectivity index (χ2v) is 10.6. The molecule has 1 aliphatic rings. The number of rotatable bonds is 3. The van der Waals surface area contributed by atoms with Gasteiger partial charge in [-0.2, -0.15) is 0 Å². The highest BCUT2D eigenvalue weighted by atomic mass is 32.2. The molecule has 1 aromatic rings. The van der Waals surface area contributed by atoms with E-state index in [-0.39, 0.29) is 10.8 Å². The first kappa shape index (κ1) is 23.2. The van der Waals surface area contributed by atoms with Gasteiger partial charge in [0.05, 0.1) is 4.90 Å². The summed E-state index contributed by atoms with van der Waals surface area (Å²) in [5.41, 5.74) is 1.13. The molecule has 9 heteroatoms. The number of benzene rings is 1. The molecule has 0 aromatic heterocycles. The zero-order valence-electron chi connectivity index (χ0n) is 18.3. The average molecular weight is 426 g/mol. The van der Waals surface area contributed by atoms with E-state index < -0.39 is 21.7 Å². The standard InChI is InChI=1S/C20H31N3O5S/c1-14-12-16(13-17(15(14)2)29(26,27)21(6)7)18(24)22-8-10-23(11-9-22)19(25)28-20(3,4)5/h12-13H,8-11H2,1-7H3. The summed E-state index contributed by atoms with van der Waals surface area (Å²) in [4.78, 5) is 28.5. The molecule has 0 N–H and O–H groups in total. The molecule has 162 valence electrons. The van der Waals surface area contributed by atoms with E-state index in [2.05, 4.69) is 0 Å². The number of piperazine rings is 1. The van der Waals surface area contributed by atoms with E-state index in [9.17, 15) is 18.0 Å². The minimum absolute atomic E-state index is 0.137. The second kappa shape index (κ2) is 8.31. The van der Waals surface area contributed by atoms with E-state index in [4.69, 9.17) is 4.74 Å². The maximum Gasteiger partial charge on any atom is 0.410 e. The molecule has 0 aliphatic carbocycles. The Morgan fingerprint density at radius 3 is 2.00 bits per heavy atom. The lowest BCUT2D eigenvalue weighted by Crippen LogP contribution is -2.51. The summed E-state index contributed by atoms with van der Waals surface area (Å²) in [6.45, 7) is 10.4. The summed E-state index contributed by atoms with van der Waals surface area (Å²) in [6, 6.07) is 3.16. The molecular formula is C20H31N3O5S. The van der Waals surface area contributed by atoms with Crippen LogP contribution in [0.4, 0.5) is 4.79 Å². The van der Waals surface area contributed by atoms with Gasteiger partial charge in [0.2, 0.25) is 10.0 Å². The Balaban J connectivity index is 2.18. The summed E-state index contributed by atoms with van der Waals surface area (Å²) in [5, 5.41) is 0. The van der Waals surface area contributed by atoms with E-state index in [1.807, 2.05) is 20.8 Å². The number of hydrogen-bond acceptors (Lipinski definition) is 5. The van der Waals surface area contributed by atoms with Crippen LogP contribution in [0.25, 0.3) is 0 Å². The predicted molar refractivity (Wildman–Crippen MR) is 110 cm³/mol. The van der Waals surface area contributed by atoms with Gasteiger partial charge in [-0.1, -0.05) is 0 Å². The second-order valence-electron chi connectivity index (χ2n) is 8.46. The lowest BCUT2D eigenvalue weighted by molar-refractivity contribution is 0.0141. The van der Waals surface area contributed by atoms with Gasteiger partial charge in [0.15, 0.2) is 0 Å². The fourth-order valence-corrected chi connectivity index (χ4v) is 4.23. The highest BCUT2D eigenvalue weighted by molar-refractivity contribution is 7.89. The highest BCUT2D eigenvalue weighted by Gasteiger charge is 2.29. The van der Waals surface area contributed by atoms with Crippen LogP contribution in [0.5, 0.6) is 0 Å². The molecule has 29 heavy (non-hydrogen) atoms. The normalized spacial score (nSPS) is 15.6. The number of sulfonamides is 1. The first-order chi connectivity index (χ1) is 13.2. The molecule has 1 aromatic carbocycles. The van der Waals surface area contributed by atoms with Gasteiger partial charge < -0.3 is 14.5 Å². The number of amides is 2. The van der Waals surface area contributed by atoms with Crippen molar-refractivity contribution in [1.29, 1.82) is 0 Å². The molecule has 1 aliphatic heterocycles. The molecule has 1 fully saturated rings. The van der Waals surface area contributed by atoms with Crippen molar-refractivity contribution < 1.29 is 22.7 Å². The summed E-state index contributed by atoms with van der Waals surface area (Å²) < 4.78 is 31.8. The quantitative estimate of drug-likeness (QED) is 0.741. The number of aryl methyl sites for hydroxylation is 1. The minimum atomic E-state index is -3.66. The van der Waals surface area contributed by atoms with Crippen LogP contribution in [0.15, 0.2) is 17.0 Å². The molecule has 0 atom stereocenters. The van der Waals surface area contributed by atoms with Crippen LogP contribution in [0.1, 0.15) is 42.3 Å². The average Bonchev–Trinajstić information content (AvgIpc) is 2.61. The molecule has 0 radical (unpaired) electrons. The maximum atomic E-state index is 13.0. The van der Waals surface area contributed by atoms with E-state index in [0.29, 0.717) is 37.3 Å². The number of ether oxygens (including phenoxy) is 1. The summed E-state index contributed by atoms with van der Waals surface area (Å²) >= 11 is 0. The Hall–Kier alpha value is -2.13. The molecule has 2 amide bonds. The van der Waals surface area contributed by atoms with Crippen molar-refractivity contribution in [2.24, 2.45) is 0 Å². The zero-order valence-corrected chi connectivity index (χ0v) is 19.1. The third-order valence-corrected chi connectivity index (χ3v) is 6.79. The van der Waals surface area contributed by atoms with Gasteiger partial charge in [0.1, 0.15) is 5.60 Å². The SMILES string of the molecule is Cc1cc(C(=O)N2CCN(C(=O)OC(C)(C)C)CC2)cc(S(=O)(=O)N(C)C)c1C. The summed E-state index contributed by atoms with van der Waals surface area (Å²) in [7, 11) is -0.728. The number of carbonyl (C=O) groups is 2. The van der Waals surface area contributed by atoms with Crippen LogP contribution in [-0.4, -0.2) is 80.4 Å². The lowest BCUT2D eigenvalue weighted by atomic mass is 10.0. The van der Waals surface area contributed by atoms with Crippen LogP contribution in [-0.2, 0) is 14.8 Å². The Morgan fingerprint density at radius 2 is 1.52 bits per heavy atom. The maximum absolute atomic E-state index is 13.0. The fraction of sp³-hybridized carbons (Fsp3) is 0.600. The molecule has 1 saturated heterocycles. The Bertz CT molecular complexity index is 895. The van der Waals surface area contributed by atoms with Crippen molar-refractivity contribution >= 4 is 22.0 Å². The van der Waals surface area contributed by atoms with E-state index in [1.165, 1.54) is 20.2 Å². The molecule has 8 nitrogen and oxygen atoms in total. The molecule has 1 heterocycles. The van der Waals surface area contributed by atoms with Crippen molar-refractivity contribution in [2.45, 2.75) is 45.1 Å². The van der Waals surface area contributed by atoms with Gasteiger partial charge >= 0.3 is 6.09 Å². The summed E-state index contributed by atoms with van der Waals surface area (Å²) in [6.07, 6.45) is -0.393. The third kappa shape index (κ3) is 5.27. The molecule has 0 unspecified atom stereocenters. The van der Waals surface area contributed by atoms with E-state index in [0.717, 1.165) is 9.87 Å². The number of carbonyl (C=O) groups excluding carboxylic acids is 2. The molecule has 0 saturated carbocycles. The van der Waals surface area contributed by atoms with Gasteiger partial charge in [-0.3, -0.25) is 4.79 Å². The van der Waals surface area contributed by atoms with Crippen LogP contribution < -0.4 is 0 Å². The van der Waals surface area contributed by atoms with Gasteiger partial charge in [-0.25, -0.2) is 17.5 Å². The first-order valence-corrected chi connectivity index (χ1v) is 11.0. The van der Waals surface area contributed by atoms with Crippen LogP contribution in [0, 0.1) is 13.8 Å². The lowest BCUT2D eigenvalue weighted by Gasteiger charge is -2.35. The molecule has 2 rings (SSSR count). The fourth-order valence-electron chi connectivity index (χ4n) is 3.02. The van der Waals surface area contributed by atoms with Crippen molar-refractivity contribution in [3.8, 4) is 0 Å². The zero-order chi connectivity index (χ0) is 22.1. The molecule has 0 spiro atoms. The van der Waals surface area contributed by atoms with E-state index >= 15 is 0 Å².